The number of nitrogens with zero attached hydrogens (tertiary/aromatic N) is 1. The van der Waals surface area contributed by atoms with Crippen molar-refractivity contribution in [2.75, 3.05) is 30.9 Å². The van der Waals surface area contributed by atoms with Gasteiger partial charge in [-0.1, -0.05) is 6.42 Å². The molecule has 1 aliphatic heterocycles. The van der Waals surface area contributed by atoms with Gasteiger partial charge in [0.2, 0.25) is 0 Å². The van der Waals surface area contributed by atoms with Crippen molar-refractivity contribution in [3.05, 3.63) is 24.0 Å². The largest absolute Gasteiger partial charge is 0.323 e. The van der Waals surface area contributed by atoms with E-state index in [1.807, 2.05) is 0 Å². The van der Waals surface area contributed by atoms with Crippen LogP contribution in [0, 0.1) is 5.82 Å². The zero-order valence-electron chi connectivity index (χ0n) is 12.8. The molecule has 0 aliphatic carbocycles. The van der Waals surface area contributed by atoms with Gasteiger partial charge in [0.05, 0.1) is 15.7 Å². The molecule has 0 spiro atoms. The zero-order valence-corrected chi connectivity index (χ0v) is 14.4. The third-order valence-electron chi connectivity index (χ3n) is 3.74. The van der Waals surface area contributed by atoms with Gasteiger partial charge in [0.15, 0.2) is 0 Å². The van der Waals surface area contributed by atoms with Crippen molar-refractivity contribution in [1.29, 1.82) is 0 Å². The number of carbonyl (C=O) groups is 1. The van der Waals surface area contributed by atoms with Crippen molar-refractivity contribution in [3.63, 3.8) is 0 Å². The summed E-state index contributed by atoms with van der Waals surface area (Å²) in [5.74, 6) is -0.559. The Balaban J connectivity index is 2.04. The van der Waals surface area contributed by atoms with Crippen LogP contribution in [0.1, 0.15) is 19.3 Å². The quantitative estimate of drug-likeness (QED) is 0.915. The van der Waals surface area contributed by atoms with Crippen molar-refractivity contribution in [3.8, 4) is 0 Å². The molecular weight excluding hydrogens is 323 g/mol. The van der Waals surface area contributed by atoms with E-state index in [-0.39, 0.29) is 10.9 Å². The lowest BCUT2D eigenvalue weighted by atomic mass is 10.2. The van der Waals surface area contributed by atoms with Crippen molar-refractivity contribution >= 4 is 34.3 Å². The molecule has 0 unspecified atom stereocenters. The molecular formula is C15H21FN2O2S2. The van der Waals surface area contributed by atoms with E-state index in [0.717, 1.165) is 25.8 Å². The van der Waals surface area contributed by atoms with Gasteiger partial charge < -0.3 is 10.2 Å². The van der Waals surface area contributed by atoms with Gasteiger partial charge in [0.1, 0.15) is 5.82 Å². The summed E-state index contributed by atoms with van der Waals surface area (Å²) in [4.78, 5) is 14.3. The number of likely N-dealkylation sites (tertiary alicyclic amines) is 1. The van der Waals surface area contributed by atoms with Crippen LogP contribution < -0.4 is 5.32 Å². The smallest absolute Gasteiger partial charge is 0.321 e. The Kier molecular flexibility index (Phi) is 6.26. The molecule has 7 heteroatoms. The summed E-state index contributed by atoms with van der Waals surface area (Å²) >= 11 is 1.78. The summed E-state index contributed by atoms with van der Waals surface area (Å²) in [6.07, 6.45) is 6.73. The average molecular weight is 344 g/mol. The van der Waals surface area contributed by atoms with E-state index in [4.69, 9.17) is 0 Å². The van der Waals surface area contributed by atoms with Crippen LogP contribution in [0.4, 0.5) is 14.9 Å². The fourth-order valence-electron chi connectivity index (χ4n) is 2.49. The van der Waals surface area contributed by atoms with Crippen molar-refractivity contribution in [2.24, 2.45) is 0 Å². The van der Waals surface area contributed by atoms with E-state index in [0.29, 0.717) is 17.5 Å². The fourth-order valence-corrected chi connectivity index (χ4v) is 3.82. The fraction of sp³-hybridized carbons (Fsp3) is 0.533. The highest BCUT2D eigenvalue weighted by molar-refractivity contribution is 7.99. The summed E-state index contributed by atoms with van der Waals surface area (Å²) in [6, 6.07) is 4.06. The third-order valence-corrected chi connectivity index (χ3v) is 5.74. The predicted octanol–water partition coefficient (Wildman–Crippen LogP) is 3.31. The minimum absolute atomic E-state index is 0.148. The Labute approximate surface area is 137 Å². The molecule has 2 rings (SSSR count). The molecule has 22 heavy (non-hydrogen) atoms. The lowest BCUT2D eigenvalue weighted by molar-refractivity contribution is 0.214. The minimum Gasteiger partial charge on any atom is -0.323 e. The Morgan fingerprint density at radius 2 is 2.23 bits per heavy atom. The van der Waals surface area contributed by atoms with E-state index >= 15 is 0 Å². The van der Waals surface area contributed by atoms with Crippen LogP contribution in [-0.4, -0.2) is 46.0 Å². The van der Waals surface area contributed by atoms with Gasteiger partial charge in [0.25, 0.3) is 0 Å². The van der Waals surface area contributed by atoms with Crippen LogP contribution in [0.25, 0.3) is 0 Å². The van der Waals surface area contributed by atoms with Crippen molar-refractivity contribution in [2.45, 2.75) is 29.4 Å². The molecule has 1 heterocycles. The van der Waals surface area contributed by atoms with E-state index in [1.54, 1.807) is 22.7 Å². The first kappa shape index (κ1) is 17.3. The third kappa shape index (κ3) is 4.46. The number of nitrogens with one attached hydrogen (secondary N) is 1. The first-order valence-electron chi connectivity index (χ1n) is 7.23. The number of urea groups is 1. The van der Waals surface area contributed by atoms with Gasteiger partial charge in [-0.3, -0.25) is 4.21 Å². The Hall–Kier alpha value is -1.08. The Morgan fingerprint density at radius 1 is 1.45 bits per heavy atom. The molecule has 122 valence electrons. The van der Waals surface area contributed by atoms with Crippen LogP contribution in [0.3, 0.4) is 0 Å². The number of hydrogen-bond acceptors (Lipinski definition) is 3. The van der Waals surface area contributed by atoms with E-state index in [9.17, 15) is 13.4 Å². The predicted molar refractivity (Wildman–Crippen MR) is 90.5 cm³/mol. The van der Waals surface area contributed by atoms with Gasteiger partial charge in [-0.15, -0.1) is 0 Å². The highest BCUT2D eigenvalue weighted by atomic mass is 32.2. The molecule has 0 radical (unpaired) electrons. The van der Waals surface area contributed by atoms with Gasteiger partial charge in [-0.2, -0.15) is 11.8 Å². The summed E-state index contributed by atoms with van der Waals surface area (Å²) in [7, 11) is -1.37. The van der Waals surface area contributed by atoms with Gasteiger partial charge >= 0.3 is 6.03 Å². The Morgan fingerprint density at radius 3 is 2.86 bits per heavy atom. The van der Waals surface area contributed by atoms with Crippen LogP contribution in [0.5, 0.6) is 0 Å². The molecule has 0 aromatic heterocycles. The number of halogens is 1. The molecule has 1 saturated heterocycles. The number of anilines is 1. The summed E-state index contributed by atoms with van der Waals surface area (Å²) in [5.41, 5.74) is 0.390. The van der Waals surface area contributed by atoms with E-state index in [1.165, 1.54) is 18.4 Å². The summed E-state index contributed by atoms with van der Waals surface area (Å²) < 4.78 is 25.1. The maximum atomic E-state index is 13.8. The number of carbonyl (C=O) groups excluding carboxylic acids is 1. The van der Waals surface area contributed by atoms with Crippen LogP contribution in [-0.2, 0) is 10.8 Å². The van der Waals surface area contributed by atoms with E-state index in [2.05, 4.69) is 11.6 Å². The standard InChI is InChI=1S/C15H21FN2O2S2/c1-21-12-5-3-4-8-18(10-12)15(19)17-11-6-7-14(22(2)20)13(16)9-11/h6-7,9,12H,3-5,8,10H2,1-2H3,(H,17,19)/t12-,22+/m0/s1. The maximum Gasteiger partial charge on any atom is 0.321 e. The zero-order chi connectivity index (χ0) is 16.1. The molecule has 2 atom stereocenters. The number of hydrogen-bond donors (Lipinski definition) is 1. The highest BCUT2D eigenvalue weighted by Gasteiger charge is 2.21. The van der Waals surface area contributed by atoms with Crippen LogP contribution in [0.15, 0.2) is 23.1 Å². The maximum absolute atomic E-state index is 13.8. The first-order valence-corrected chi connectivity index (χ1v) is 10.1. The molecule has 0 saturated carbocycles. The topological polar surface area (TPSA) is 49.4 Å². The number of rotatable bonds is 3. The van der Waals surface area contributed by atoms with E-state index < -0.39 is 16.6 Å². The minimum atomic E-state index is -1.37. The first-order chi connectivity index (χ1) is 10.5. The molecule has 1 aromatic carbocycles. The van der Waals surface area contributed by atoms with Crippen molar-refractivity contribution < 1.29 is 13.4 Å². The second-order valence-electron chi connectivity index (χ2n) is 5.33. The molecule has 1 fully saturated rings. The lowest BCUT2D eigenvalue weighted by Gasteiger charge is -2.24. The second kappa shape index (κ2) is 7.97. The Bertz CT molecular complexity index is 568. The molecule has 4 nitrogen and oxygen atoms in total. The van der Waals surface area contributed by atoms with Gasteiger partial charge in [-0.25, -0.2) is 9.18 Å². The summed E-state index contributed by atoms with van der Waals surface area (Å²) in [5, 5.41) is 3.18. The van der Waals surface area contributed by atoms with Gasteiger partial charge in [-0.05, 0) is 37.3 Å². The normalized spacial score (nSPS) is 20.3. The highest BCUT2D eigenvalue weighted by Crippen LogP contribution is 2.21. The number of amides is 2. The monoisotopic (exact) mass is 344 g/mol. The number of benzene rings is 1. The molecule has 0 bridgehead atoms. The summed E-state index contributed by atoms with van der Waals surface area (Å²) in [6.45, 7) is 1.44. The molecule has 1 aliphatic rings. The second-order valence-corrected chi connectivity index (χ2v) is 7.82. The SMILES string of the molecule is CS[C@H]1CCCCN(C(=O)Nc2ccc([S@@](C)=O)c(F)c2)C1. The average Bonchev–Trinajstić information content (AvgIpc) is 2.72. The van der Waals surface area contributed by atoms with Crippen molar-refractivity contribution in [1.82, 2.24) is 4.90 Å². The van der Waals surface area contributed by atoms with Crippen LogP contribution >= 0.6 is 11.8 Å². The molecule has 2 amide bonds. The van der Waals surface area contributed by atoms with Gasteiger partial charge in [0, 0.05) is 30.3 Å². The molecule has 1 aromatic rings. The van der Waals surface area contributed by atoms with Crippen LogP contribution in [0.2, 0.25) is 0 Å². The molecule has 1 N–H and O–H groups in total. The number of thioether (sulfide) groups is 1. The lowest BCUT2D eigenvalue weighted by Crippen LogP contribution is -2.38.